The molecule has 6 heterocycles. The van der Waals surface area contributed by atoms with Gasteiger partial charge >= 0.3 is 0 Å². The van der Waals surface area contributed by atoms with Gasteiger partial charge < -0.3 is 9.13 Å². The Kier molecular flexibility index (Phi) is 13.8. The number of aryl methyl sites for hydroxylation is 2. The molecule has 17 aromatic rings. The molecule has 17 rings (SSSR count). The number of hydrogen-bond donors (Lipinski definition) is 0. The van der Waals surface area contributed by atoms with Crippen LogP contribution in [0.3, 0.4) is 0 Å². The van der Waals surface area contributed by atoms with Gasteiger partial charge in [0.25, 0.3) is 0 Å². The van der Waals surface area contributed by atoms with Crippen LogP contribution in [0, 0.1) is 13.8 Å². The van der Waals surface area contributed by atoms with Crippen molar-refractivity contribution in [3.05, 3.63) is 327 Å². The zero-order valence-electron chi connectivity index (χ0n) is 51.6. The van der Waals surface area contributed by atoms with Gasteiger partial charge in [0.2, 0.25) is 0 Å². The van der Waals surface area contributed by atoms with Gasteiger partial charge in [0.1, 0.15) is 0 Å². The minimum atomic E-state index is 0.524. The third-order valence-corrected chi connectivity index (χ3v) is 17.9. The number of benzene rings is 11. The van der Waals surface area contributed by atoms with E-state index in [0.717, 1.165) is 167 Å². The fraction of sp³-hybridized carbons (Fsp3) is 0.0233. The number of pyridine rings is 2. The van der Waals surface area contributed by atoms with Crippen molar-refractivity contribution in [3.63, 3.8) is 0 Å². The zero-order chi connectivity index (χ0) is 62.6. The molecule has 0 spiro atoms. The van der Waals surface area contributed by atoms with E-state index in [0.29, 0.717) is 11.6 Å². The predicted octanol–water partition coefficient (Wildman–Crippen LogP) is 21.5. The van der Waals surface area contributed by atoms with Crippen molar-refractivity contribution < 1.29 is 0 Å². The van der Waals surface area contributed by atoms with Crippen LogP contribution in [0.1, 0.15) is 11.1 Å². The van der Waals surface area contributed by atoms with E-state index in [1.165, 1.54) is 0 Å². The molecule has 0 radical (unpaired) electrons. The highest BCUT2D eigenvalue weighted by Gasteiger charge is 2.30. The minimum Gasteiger partial charge on any atom is -0.308 e. The molecule has 11 aromatic carbocycles. The van der Waals surface area contributed by atoms with Gasteiger partial charge in [-0.1, -0.05) is 230 Å². The average molecular weight is 1200 g/mol. The summed E-state index contributed by atoms with van der Waals surface area (Å²) in [6.07, 6.45) is 0. The molecule has 442 valence electrons. The van der Waals surface area contributed by atoms with E-state index in [1.807, 2.05) is 36.4 Å². The van der Waals surface area contributed by atoms with Gasteiger partial charge in [0, 0.05) is 71.6 Å². The Morgan fingerprint density at radius 1 is 0.223 bits per heavy atom. The van der Waals surface area contributed by atoms with E-state index in [4.69, 9.17) is 29.9 Å². The van der Waals surface area contributed by atoms with Crippen LogP contribution in [0.4, 0.5) is 0 Å². The van der Waals surface area contributed by atoms with Gasteiger partial charge in [0.15, 0.2) is 11.6 Å². The Labute approximate surface area is 544 Å². The number of rotatable bonds is 12. The second kappa shape index (κ2) is 23.4. The molecule has 0 atom stereocenters. The highest BCUT2D eigenvalue weighted by molar-refractivity contribution is 6.14. The summed E-state index contributed by atoms with van der Waals surface area (Å²) in [6, 6.07) is 111. The van der Waals surface area contributed by atoms with Crippen molar-refractivity contribution in [1.29, 1.82) is 0 Å². The van der Waals surface area contributed by atoms with Crippen LogP contribution in [0.5, 0.6) is 0 Å². The van der Waals surface area contributed by atoms with Gasteiger partial charge in [-0.15, -0.1) is 0 Å². The Morgan fingerprint density at radius 3 is 0.926 bits per heavy atom. The third-order valence-electron chi connectivity index (χ3n) is 17.9. The van der Waals surface area contributed by atoms with E-state index < -0.39 is 0 Å². The lowest BCUT2D eigenvalue weighted by Gasteiger charge is -2.23. The Bertz CT molecular complexity index is 5410. The van der Waals surface area contributed by atoms with E-state index in [1.54, 1.807) is 0 Å². The molecule has 0 fully saturated rings. The zero-order valence-corrected chi connectivity index (χ0v) is 51.6. The first-order chi connectivity index (χ1) is 46.4. The molecular formula is C86H58N8. The molecule has 0 N–H and O–H groups in total. The summed E-state index contributed by atoms with van der Waals surface area (Å²) in [7, 11) is 0. The smallest absolute Gasteiger partial charge is 0.164 e. The van der Waals surface area contributed by atoms with E-state index >= 15 is 0 Å². The maximum Gasteiger partial charge on any atom is 0.164 e. The number of hydrogen-bond acceptors (Lipinski definition) is 6. The van der Waals surface area contributed by atoms with Crippen molar-refractivity contribution in [3.8, 4) is 124 Å². The van der Waals surface area contributed by atoms with Gasteiger partial charge in [-0.3, -0.25) is 0 Å². The minimum absolute atomic E-state index is 0.524. The van der Waals surface area contributed by atoms with Crippen LogP contribution in [0.2, 0.25) is 0 Å². The number of fused-ring (bicyclic) bond motifs is 6. The maximum absolute atomic E-state index is 5.83. The molecule has 6 aromatic heterocycles. The van der Waals surface area contributed by atoms with E-state index in [2.05, 4.69) is 302 Å². The lowest BCUT2D eigenvalue weighted by Crippen LogP contribution is -2.09. The van der Waals surface area contributed by atoms with Crippen LogP contribution in [-0.2, 0) is 0 Å². The summed E-state index contributed by atoms with van der Waals surface area (Å²) in [5, 5.41) is 4.33. The molecule has 8 nitrogen and oxygen atoms in total. The highest BCUT2D eigenvalue weighted by Crippen LogP contribution is 2.47. The molecule has 8 heteroatoms. The van der Waals surface area contributed by atoms with Crippen LogP contribution in [-0.4, -0.2) is 39.0 Å². The van der Waals surface area contributed by atoms with Crippen LogP contribution >= 0.6 is 0 Å². The SMILES string of the molecule is Cc1ccc2c(c1)c1cc(C)ccc1n2-c1c(-c2nc(-c3ccccc3)cc(-c3ccccc3)n2)ccc(-n2c3ccc(-c4cccc(-c5ccccc5)n4)cc3c3cc(-c4cccc(-c5ccccc5)n4)ccc32)c1-c1nc(-c2ccccc2)cc(-c2ccccc2)n1. The van der Waals surface area contributed by atoms with Crippen molar-refractivity contribution in [2.45, 2.75) is 13.8 Å². The summed E-state index contributed by atoms with van der Waals surface area (Å²) in [6.45, 7) is 4.34. The summed E-state index contributed by atoms with van der Waals surface area (Å²) in [5.41, 5.74) is 24.2. The lowest BCUT2D eigenvalue weighted by molar-refractivity contribution is 1.09. The highest BCUT2D eigenvalue weighted by atomic mass is 15.1. The normalized spacial score (nSPS) is 11.5. The standard InChI is InChI=1S/C86H58N8/c1-55-39-44-80-66(49-55)67-50-56(2)40-45-81(67)94(80)84-65(85-89-74(59-27-13-5-14-28-59)53-75(90-85)60-29-15-6-16-30-60)43-48-82(83(84)86-91-76(61-31-17-7-18-32-61)54-77(92-86)62-33-19-8-20-34-62)93-78-46-41-63(72-37-21-35-70(87-72)57-23-9-3-10-24-57)51-68(78)69-52-64(42-47-79(69)93)73-38-22-36-71(88-73)58-25-11-4-12-26-58/h3-54H,1-2H3. The van der Waals surface area contributed by atoms with Crippen LogP contribution in [0.15, 0.2) is 315 Å². The molecule has 0 saturated heterocycles. The monoisotopic (exact) mass is 1200 g/mol. The molecule has 0 aliphatic carbocycles. The lowest BCUT2D eigenvalue weighted by atomic mass is 9.99. The molecular weight excluding hydrogens is 1150 g/mol. The second-order valence-electron chi connectivity index (χ2n) is 24.0. The predicted molar refractivity (Wildman–Crippen MR) is 386 cm³/mol. The topological polar surface area (TPSA) is 87.2 Å². The van der Waals surface area contributed by atoms with Crippen molar-refractivity contribution in [2.75, 3.05) is 0 Å². The van der Waals surface area contributed by atoms with Crippen molar-refractivity contribution >= 4 is 43.6 Å². The molecule has 94 heavy (non-hydrogen) atoms. The largest absolute Gasteiger partial charge is 0.308 e. The Hall–Kier alpha value is -12.5. The second-order valence-corrected chi connectivity index (χ2v) is 24.0. The first-order valence-electron chi connectivity index (χ1n) is 31.7. The van der Waals surface area contributed by atoms with Crippen LogP contribution < -0.4 is 0 Å². The van der Waals surface area contributed by atoms with Gasteiger partial charge in [-0.05, 0) is 111 Å². The Morgan fingerprint density at radius 2 is 0.543 bits per heavy atom. The van der Waals surface area contributed by atoms with Gasteiger partial charge in [-0.2, -0.15) is 0 Å². The van der Waals surface area contributed by atoms with E-state index in [9.17, 15) is 0 Å². The summed E-state index contributed by atoms with van der Waals surface area (Å²) in [4.78, 5) is 33.6. The number of nitrogens with zero attached hydrogens (tertiary/aromatic N) is 8. The third kappa shape index (κ3) is 10.1. The molecule has 0 amide bonds. The van der Waals surface area contributed by atoms with Gasteiger partial charge in [0.05, 0.1) is 84.6 Å². The fourth-order valence-electron chi connectivity index (χ4n) is 13.4. The molecule has 0 bridgehead atoms. The number of aromatic nitrogens is 8. The first kappa shape index (κ1) is 55.5. The average Bonchev–Trinajstić information content (AvgIpc) is 1.49. The fourth-order valence-corrected chi connectivity index (χ4v) is 13.4. The summed E-state index contributed by atoms with van der Waals surface area (Å²) >= 11 is 0. The Balaban J connectivity index is 1.03. The molecule has 0 aliphatic heterocycles. The molecule has 0 aliphatic rings. The van der Waals surface area contributed by atoms with Gasteiger partial charge in [-0.25, -0.2) is 29.9 Å². The van der Waals surface area contributed by atoms with E-state index in [-0.39, 0.29) is 0 Å². The summed E-state index contributed by atoms with van der Waals surface area (Å²) < 4.78 is 4.85. The molecule has 0 saturated carbocycles. The van der Waals surface area contributed by atoms with Crippen molar-refractivity contribution in [2.24, 2.45) is 0 Å². The quantitative estimate of drug-likeness (QED) is 0.121. The maximum atomic E-state index is 5.83. The van der Waals surface area contributed by atoms with Crippen LogP contribution in [0.25, 0.3) is 168 Å². The summed E-state index contributed by atoms with van der Waals surface area (Å²) in [5.74, 6) is 1.07. The first-order valence-corrected chi connectivity index (χ1v) is 31.7. The van der Waals surface area contributed by atoms with Crippen molar-refractivity contribution in [1.82, 2.24) is 39.0 Å². The molecule has 0 unspecified atom stereocenters.